The molecular formula is C15H31N3O. The Balaban J connectivity index is 1.68. The van der Waals surface area contributed by atoms with Gasteiger partial charge in [0, 0.05) is 51.9 Å². The van der Waals surface area contributed by atoms with Gasteiger partial charge in [-0.25, -0.2) is 0 Å². The zero-order chi connectivity index (χ0) is 13.7. The van der Waals surface area contributed by atoms with E-state index in [0.717, 1.165) is 19.2 Å². The van der Waals surface area contributed by atoms with Gasteiger partial charge in [-0.15, -0.1) is 0 Å². The van der Waals surface area contributed by atoms with E-state index in [9.17, 15) is 0 Å². The molecule has 0 aromatic carbocycles. The third kappa shape index (κ3) is 4.42. The Kier molecular flexibility index (Phi) is 6.07. The van der Waals surface area contributed by atoms with E-state index in [0.29, 0.717) is 6.04 Å². The Morgan fingerprint density at radius 2 is 1.63 bits per heavy atom. The van der Waals surface area contributed by atoms with Gasteiger partial charge in [0.25, 0.3) is 0 Å². The number of methoxy groups -OCH3 is 1. The van der Waals surface area contributed by atoms with E-state index in [4.69, 9.17) is 4.74 Å². The molecule has 0 N–H and O–H groups in total. The molecule has 2 saturated heterocycles. The molecule has 0 spiro atoms. The molecule has 2 aliphatic heterocycles. The molecule has 4 heteroatoms. The predicted octanol–water partition coefficient (Wildman–Crippen LogP) is 1.12. The molecule has 0 saturated carbocycles. The van der Waals surface area contributed by atoms with Crippen molar-refractivity contribution in [1.29, 1.82) is 0 Å². The van der Waals surface area contributed by atoms with Crippen LogP contribution in [0.15, 0.2) is 0 Å². The first-order valence-electron chi connectivity index (χ1n) is 7.90. The summed E-state index contributed by atoms with van der Waals surface area (Å²) < 4.78 is 5.16. The Labute approximate surface area is 118 Å². The second kappa shape index (κ2) is 7.58. The van der Waals surface area contributed by atoms with Crippen molar-refractivity contribution in [2.24, 2.45) is 0 Å². The van der Waals surface area contributed by atoms with Gasteiger partial charge in [0.2, 0.25) is 0 Å². The van der Waals surface area contributed by atoms with Crippen LogP contribution in [-0.4, -0.2) is 86.3 Å². The molecule has 2 fully saturated rings. The van der Waals surface area contributed by atoms with Crippen molar-refractivity contribution >= 4 is 0 Å². The van der Waals surface area contributed by atoms with Crippen LogP contribution >= 0.6 is 0 Å². The van der Waals surface area contributed by atoms with Crippen LogP contribution in [0.1, 0.15) is 26.7 Å². The molecular weight excluding hydrogens is 238 g/mol. The topological polar surface area (TPSA) is 19.0 Å². The van der Waals surface area contributed by atoms with Crippen molar-refractivity contribution in [3.05, 3.63) is 0 Å². The third-order valence-corrected chi connectivity index (χ3v) is 4.76. The Morgan fingerprint density at radius 3 is 2.16 bits per heavy atom. The lowest BCUT2D eigenvalue weighted by atomic mass is 10.0. The van der Waals surface area contributed by atoms with Crippen molar-refractivity contribution < 1.29 is 4.74 Å². The van der Waals surface area contributed by atoms with Gasteiger partial charge >= 0.3 is 0 Å². The van der Waals surface area contributed by atoms with Gasteiger partial charge in [-0.3, -0.25) is 9.80 Å². The highest BCUT2D eigenvalue weighted by Crippen LogP contribution is 2.18. The number of piperidine rings is 1. The second-order valence-electron chi connectivity index (χ2n) is 6.23. The van der Waals surface area contributed by atoms with Gasteiger partial charge < -0.3 is 9.64 Å². The Hall–Kier alpha value is -0.160. The summed E-state index contributed by atoms with van der Waals surface area (Å²) in [6, 6.07) is 1.53. The quantitative estimate of drug-likeness (QED) is 0.744. The van der Waals surface area contributed by atoms with Crippen LogP contribution in [0.25, 0.3) is 0 Å². The van der Waals surface area contributed by atoms with Crippen LogP contribution < -0.4 is 0 Å². The first-order valence-corrected chi connectivity index (χ1v) is 7.90. The van der Waals surface area contributed by atoms with E-state index in [-0.39, 0.29) is 0 Å². The molecule has 2 rings (SSSR count). The first kappa shape index (κ1) is 15.2. The highest BCUT2D eigenvalue weighted by Gasteiger charge is 2.27. The maximum absolute atomic E-state index is 5.16. The summed E-state index contributed by atoms with van der Waals surface area (Å²) in [7, 11) is 1.79. The standard InChI is InChI=1S/C15H31N3O/c1-14(2)17-8-10-18(11-9-17)15-4-6-16(7-5-15)12-13-19-3/h14-15H,4-13H2,1-3H3. The fourth-order valence-electron chi connectivity index (χ4n) is 3.35. The maximum atomic E-state index is 5.16. The van der Waals surface area contributed by atoms with Crippen LogP contribution in [0.4, 0.5) is 0 Å². The number of likely N-dealkylation sites (tertiary alicyclic amines) is 1. The molecule has 0 aromatic heterocycles. The van der Waals surface area contributed by atoms with Gasteiger partial charge in [-0.1, -0.05) is 0 Å². The van der Waals surface area contributed by atoms with Crippen LogP contribution in [0.5, 0.6) is 0 Å². The van der Waals surface area contributed by atoms with Crippen LogP contribution in [0, 0.1) is 0 Å². The van der Waals surface area contributed by atoms with Gasteiger partial charge in [0.05, 0.1) is 6.61 Å². The second-order valence-corrected chi connectivity index (χ2v) is 6.23. The maximum Gasteiger partial charge on any atom is 0.0589 e. The lowest BCUT2D eigenvalue weighted by molar-refractivity contribution is 0.0430. The van der Waals surface area contributed by atoms with E-state index in [1.165, 1.54) is 52.1 Å². The van der Waals surface area contributed by atoms with Crippen molar-refractivity contribution in [3.63, 3.8) is 0 Å². The summed E-state index contributed by atoms with van der Waals surface area (Å²) in [6.45, 7) is 14.1. The summed E-state index contributed by atoms with van der Waals surface area (Å²) >= 11 is 0. The predicted molar refractivity (Wildman–Crippen MR) is 79.6 cm³/mol. The average molecular weight is 269 g/mol. The van der Waals surface area contributed by atoms with Gasteiger partial charge in [0.15, 0.2) is 0 Å². The Bertz CT molecular complexity index is 244. The van der Waals surface area contributed by atoms with Gasteiger partial charge in [-0.05, 0) is 39.8 Å². The molecule has 0 amide bonds. The average Bonchev–Trinajstić information content (AvgIpc) is 2.46. The summed E-state index contributed by atoms with van der Waals surface area (Å²) in [4.78, 5) is 7.88. The molecule has 2 heterocycles. The highest BCUT2D eigenvalue weighted by atomic mass is 16.5. The van der Waals surface area contributed by atoms with Crippen molar-refractivity contribution in [3.8, 4) is 0 Å². The van der Waals surface area contributed by atoms with Gasteiger partial charge in [-0.2, -0.15) is 0 Å². The number of nitrogens with zero attached hydrogens (tertiary/aromatic N) is 3. The first-order chi connectivity index (χ1) is 9.20. The lowest BCUT2D eigenvalue weighted by Gasteiger charge is -2.43. The molecule has 0 aromatic rings. The number of rotatable bonds is 5. The zero-order valence-electron chi connectivity index (χ0n) is 13.0. The minimum Gasteiger partial charge on any atom is -0.383 e. The molecule has 0 atom stereocenters. The third-order valence-electron chi connectivity index (χ3n) is 4.76. The molecule has 112 valence electrons. The van der Waals surface area contributed by atoms with Crippen molar-refractivity contribution in [2.75, 3.05) is 59.5 Å². The largest absolute Gasteiger partial charge is 0.383 e. The SMILES string of the molecule is COCCN1CCC(N2CCN(C(C)C)CC2)CC1. The van der Waals surface area contributed by atoms with E-state index < -0.39 is 0 Å². The molecule has 2 aliphatic rings. The lowest BCUT2D eigenvalue weighted by Crippen LogP contribution is -2.54. The molecule has 0 aliphatic carbocycles. The normalized spacial score (nSPS) is 25.3. The minimum atomic E-state index is 0.707. The summed E-state index contributed by atoms with van der Waals surface area (Å²) in [6.07, 6.45) is 2.68. The zero-order valence-corrected chi connectivity index (χ0v) is 13.0. The number of piperazine rings is 1. The minimum absolute atomic E-state index is 0.707. The van der Waals surface area contributed by atoms with E-state index in [1.54, 1.807) is 7.11 Å². The monoisotopic (exact) mass is 269 g/mol. The van der Waals surface area contributed by atoms with Crippen molar-refractivity contribution in [2.45, 2.75) is 38.8 Å². The van der Waals surface area contributed by atoms with Crippen LogP contribution in [0.3, 0.4) is 0 Å². The van der Waals surface area contributed by atoms with E-state index in [2.05, 4.69) is 28.5 Å². The molecule has 19 heavy (non-hydrogen) atoms. The molecule has 4 nitrogen and oxygen atoms in total. The van der Waals surface area contributed by atoms with Crippen molar-refractivity contribution in [1.82, 2.24) is 14.7 Å². The molecule has 0 unspecified atom stereocenters. The molecule has 0 radical (unpaired) electrons. The van der Waals surface area contributed by atoms with E-state index >= 15 is 0 Å². The van der Waals surface area contributed by atoms with Crippen LogP contribution in [-0.2, 0) is 4.74 Å². The summed E-state index contributed by atoms with van der Waals surface area (Å²) in [5, 5.41) is 0. The number of hydrogen-bond acceptors (Lipinski definition) is 4. The van der Waals surface area contributed by atoms with Crippen LogP contribution in [0.2, 0.25) is 0 Å². The number of ether oxygens (including phenoxy) is 1. The number of hydrogen-bond donors (Lipinski definition) is 0. The fraction of sp³-hybridized carbons (Fsp3) is 1.00. The van der Waals surface area contributed by atoms with E-state index in [1.807, 2.05) is 0 Å². The molecule has 0 bridgehead atoms. The highest BCUT2D eigenvalue weighted by molar-refractivity contribution is 4.84. The summed E-state index contributed by atoms with van der Waals surface area (Å²) in [5.74, 6) is 0. The smallest absolute Gasteiger partial charge is 0.0589 e. The Morgan fingerprint density at radius 1 is 1.00 bits per heavy atom. The summed E-state index contributed by atoms with van der Waals surface area (Å²) in [5.41, 5.74) is 0. The fourth-order valence-corrected chi connectivity index (χ4v) is 3.35. The van der Waals surface area contributed by atoms with Gasteiger partial charge in [0.1, 0.15) is 0 Å².